The number of ether oxygens (including phenoxy) is 2. The Kier molecular flexibility index (Phi) is 7.78. The molecule has 0 amide bonds. The average Bonchev–Trinajstić information content (AvgIpc) is 2.43. The minimum absolute atomic E-state index is 0.629. The Morgan fingerprint density at radius 2 is 1.90 bits per heavy atom. The Balaban J connectivity index is 2.44. The fourth-order valence-corrected chi connectivity index (χ4v) is 2.41. The zero-order valence-corrected chi connectivity index (χ0v) is 13.7. The SMILES string of the molecule is COc1ccc(CCCCNCC(C)C)c(Cl)c1OC. The van der Waals surface area contributed by atoms with Gasteiger partial charge in [0.15, 0.2) is 11.5 Å². The molecule has 20 heavy (non-hydrogen) atoms. The van der Waals surface area contributed by atoms with E-state index in [0.717, 1.165) is 37.9 Å². The van der Waals surface area contributed by atoms with Gasteiger partial charge >= 0.3 is 0 Å². The standard InChI is InChI=1S/C16H26ClNO2/c1-12(2)11-18-10-6-5-7-13-8-9-14(19-3)16(20-4)15(13)17/h8-9,12,18H,5-7,10-11H2,1-4H3. The van der Waals surface area contributed by atoms with Crippen LogP contribution in [0.3, 0.4) is 0 Å². The predicted octanol–water partition coefficient (Wildman–Crippen LogP) is 3.93. The van der Waals surface area contributed by atoms with Crippen molar-refractivity contribution in [2.75, 3.05) is 27.3 Å². The number of hydrogen-bond donors (Lipinski definition) is 1. The van der Waals surface area contributed by atoms with Crippen molar-refractivity contribution in [2.24, 2.45) is 5.92 Å². The van der Waals surface area contributed by atoms with Crippen LogP contribution in [0.5, 0.6) is 11.5 Å². The smallest absolute Gasteiger partial charge is 0.179 e. The van der Waals surface area contributed by atoms with Crippen molar-refractivity contribution in [3.63, 3.8) is 0 Å². The van der Waals surface area contributed by atoms with Gasteiger partial charge in [0.25, 0.3) is 0 Å². The summed E-state index contributed by atoms with van der Waals surface area (Å²) in [6.07, 6.45) is 3.22. The molecule has 114 valence electrons. The number of aryl methyl sites for hydroxylation is 1. The Morgan fingerprint density at radius 1 is 1.15 bits per heavy atom. The highest BCUT2D eigenvalue weighted by molar-refractivity contribution is 6.33. The first-order valence-electron chi connectivity index (χ1n) is 7.20. The van der Waals surface area contributed by atoms with E-state index in [1.807, 2.05) is 12.1 Å². The number of hydrogen-bond acceptors (Lipinski definition) is 3. The number of benzene rings is 1. The lowest BCUT2D eigenvalue weighted by atomic mass is 10.1. The van der Waals surface area contributed by atoms with Crippen LogP contribution in [0, 0.1) is 5.92 Å². The molecule has 0 heterocycles. The van der Waals surface area contributed by atoms with E-state index in [1.165, 1.54) is 0 Å². The van der Waals surface area contributed by atoms with Crippen LogP contribution in [0.1, 0.15) is 32.3 Å². The molecule has 1 N–H and O–H groups in total. The third kappa shape index (κ3) is 5.22. The summed E-state index contributed by atoms with van der Waals surface area (Å²) in [6.45, 7) is 6.58. The average molecular weight is 300 g/mol. The maximum Gasteiger partial charge on any atom is 0.179 e. The maximum atomic E-state index is 6.35. The normalized spacial score (nSPS) is 10.9. The van der Waals surface area contributed by atoms with Crippen LogP contribution in [-0.4, -0.2) is 27.3 Å². The third-order valence-electron chi connectivity index (χ3n) is 3.17. The third-order valence-corrected chi connectivity index (χ3v) is 3.58. The molecule has 0 fully saturated rings. The molecular weight excluding hydrogens is 274 g/mol. The Labute approximate surface area is 127 Å². The van der Waals surface area contributed by atoms with Gasteiger partial charge in [0.2, 0.25) is 0 Å². The molecule has 0 aliphatic carbocycles. The van der Waals surface area contributed by atoms with Crippen LogP contribution in [-0.2, 0) is 6.42 Å². The second-order valence-corrected chi connectivity index (χ2v) is 5.71. The summed E-state index contributed by atoms with van der Waals surface area (Å²) in [5.74, 6) is 2.01. The van der Waals surface area contributed by atoms with Crippen molar-refractivity contribution in [3.05, 3.63) is 22.7 Å². The van der Waals surface area contributed by atoms with E-state index in [-0.39, 0.29) is 0 Å². The minimum atomic E-state index is 0.629. The molecule has 0 bridgehead atoms. The van der Waals surface area contributed by atoms with Crippen LogP contribution in [0.2, 0.25) is 5.02 Å². The number of methoxy groups -OCH3 is 2. The molecule has 1 aromatic carbocycles. The fourth-order valence-electron chi connectivity index (χ4n) is 2.08. The molecule has 0 saturated carbocycles. The van der Waals surface area contributed by atoms with E-state index in [9.17, 15) is 0 Å². The Bertz CT molecular complexity index is 408. The molecule has 0 unspecified atom stereocenters. The number of unbranched alkanes of at least 4 members (excludes halogenated alkanes) is 1. The van der Waals surface area contributed by atoms with Gasteiger partial charge < -0.3 is 14.8 Å². The van der Waals surface area contributed by atoms with Gasteiger partial charge in [0.05, 0.1) is 19.2 Å². The van der Waals surface area contributed by atoms with Crippen molar-refractivity contribution in [2.45, 2.75) is 33.1 Å². The van der Waals surface area contributed by atoms with Crippen LogP contribution < -0.4 is 14.8 Å². The zero-order chi connectivity index (χ0) is 15.0. The summed E-state index contributed by atoms with van der Waals surface area (Å²) in [6, 6.07) is 3.93. The molecule has 0 radical (unpaired) electrons. The lowest BCUT2D eigenvalue weighted by Gasteiger charge is -2.13. The summed E-state index contributed by atoms with van der Waals surface area (Å²) in [4.78, 5) is 0. The monoisotopic (exact) mass is 299 g/mol. The van der Waals surface area contributed by atoms with Gasteiger partial charge in [-0.1, -0.05) is 31.5 Å². The summed E-state index contributed by atoms with van der Waals surface area (Å²) in [5, 5.41) is 4.12. The number of halogens is 1. The molecule has 4 heteroatoms. The highest BCUT2D eigenvalue weighted by Crippen LogP contribution is 2.37. The Morgan fingerprint density at radius 3 is 2.50 bits per heavy atom. The molecule has 0 spiro atoms. The van der Waals surface area contributed by atoms with Gasteiger partial charge in [-0.25, -0.2) is 0 Å². The lowest BCUT2D eigenvalue weighted by Crippen LogP contribution is -2.20. The second-order valence-electron chi connectivity index (χ2n) is 5.33. The van der Waals surface area contributed by atoms with Crippen molar-refractivity contribution >= 4 is 11.6 Å². The molecule has 1 rings (SSSR count). The predicted molar refractivity (Wildman–Crippen MR) is 85.2 cm³/mol. The van der Waals surface area contributed by atoms with Crippen LogP contribution in [0.15, 0.2) is 12.1 Å². The van der Waals surface area contributed by atoms with Crippen molar-refractivity contribution < 1.29 is 9.47 Å². The highest BCUT2D eigenvalue weighted by Gasteiger charge is 2.12. The van der Waals surface area contributed by atoms with Gasteiger partial charge in [-0.15, -0.1) is 0 Å². The van der Waals surface area contributed by atoms with Gasteiger partial charge in [0, 0.05) is 0 Å². The van der Waals surface area contributed by atoms with Gasteiger partial charge in [-0.05, 0) is 49.9 Å². The highest BCUT2D eigenvalue weighted by atomic mass is 35.5. The van der Waals surface area contributed by atoms with Crippen LogP contribution in [0.4, 0.5) is 0 Å². The van der Waals surface area contributed by atoms with E-state index < -0.39 is 0 Å². The molecule has 3 nitrogen and oxygen atoms in total. The first kappa shape index (κ1) is 17.1. The lowest BCUT2D eigenvalue weighted by molar-refractivity contribution is 0.354. The van der Waals surface area contributed by atoms with Gasteiger partial charge in [0.1, 0.15) is 0 Å². The summed E-state index contributed by atoms with van der Waals surface area (Å²) in [5.41, 5.74) is 1.12. The molecule has 0 aliphatic heterocycles. The molecular formula is C16H26ClNO2. The van der Waals surface area contributed by atoms with E-state index in [4.69, 9.17) is 21.1 Å². The summed E-state index contributed by atoms with van der Waals surface area (Å²) in [7, 11) is 3.23. The van der Waals surface area contributed by atoms with Crippen molar-refractivity contribution in [1.29, 1.82) is 0 Å². The van der Waals surface area contributed by atoms with Gasteiger partial charge in [-0.3, -0.25) is 0 Å². The maximum absolute atomic E-state index is 6.35. The molecule has 0 aromatic heterocycles. The fraction of sp³-hybridized carbons (Fsp3) is 0.625. The van der Waals surface area contributed by atoms with Crippen LogP contribution >= 0.6 is 11.6 Å². The molecule has 1 aromatic rings. The quantitative estimate of drug-likeness (QED) is 0.701. The van der Waals surface area contributed by atoms with E-state index in [1.54, 1.807) is 14.2 Å². The number of rotatable bonds is 9. The molecule has 0 atom stereocenters. The molecule has 0 aliphatic rings. The van der Waals surface area contributed by atoms with Gasteiger partial charge in [-0.2, -0.15) is 0 Å². The topological polar surface area (TPSA) is 30.5 Å². The van der Waals surface area contributed by atoms with E-state index in [0.29, 0.717) is 22.4 Å². The van der Waals surface area contributed by atoms with Crippen molar-refractivity contribution in [3.8, 4) is 11.5 Å². The van der Waals surface area contributed by atoms with Crippen molar-refractivity contribution in [1.82, 2.24) is 5.32 Å². The number of nitrogens with one attached hydrogen (secondary N) is 1. The zero-order valence-electron chi connectivity index (χ0n) is 13.0. The second kappa shape index (κ2) is 9.09. The van der Waals surface area contributed by atoms with Crippen LogP contribution in [0.25, 0.3) is 0 Å². The minimum Gasteiger partial charge on any atom is -0.493 e. The first-order valence-corrected chi connectivity index (χ1v) is 7.58. The molecule has 0 saturated heterocycles. The Hall–Kier alpha value is -0.930. The summed E-state index contributed by atoms with van der Waals surface area (Å²) >= 11 is 6.35. The first-order chi connectivity index (χ1) is 9.60. The largest absolute Gasteiger partial charge is 0.493 e. The summed E-state index contributed by atoms with van der Waals surface area (Å²) < 4.78 is 10.5. The van der Waals surface area contributed by atoms with E-state index in [2.05, 4.69) is 19.2 Å². The van der Waals surface area contributed by atoms with E-state index >= 15 is 0 Å².